The van der Waals surface area contributed by atoms with Crippen molar-refractivity contribution in [1.82, 2.24) is 9.72 Å². The van der Waals surface area contributed by atoms with Crippen molar-refractivity contribution in [3.63, 3.8) is 0 Å². The summed E-state index contributed by atoms with van der Waals surface area (Å²) in [5.74, 6) is -1.16. The number of aromatic nitrogens is 2. The van der Waals surface area contributed by atoms with Crippen molar-refractivity contribution >= 4 is 22.8 Å². The zero-order valence-corrected chi connectivity index (χ0v) is 10.1. The molecule has 0 radical (unpaired) electrons. The summed E-state index contributed by atoms with van der Waals surface area (Å²) in [7, 11) is 1.88. The highest BCUT2D eigenvalue weighted by molar-refractivity contribution is 6.04. The fourth-order valence-electron chi connectivity index (χ4n) is 2.25. The molecule has 19 heavy (non-hydrogen) atoms. The maximum atomic E-state index is 11.2. The van der Waals surface area contributed by atoms with E-state index in [0.717, 1.165) is 10.9 Å². The average molecular weight is 257 g/mol. The molecule has 6 nitrogen and oxygen atoms in total. The third-order valence-electron chi connectivity index (χ3n) is 3.09. The Hall–Kier alpha value is -2.76. The quantitative estimate of drug-likeness (QED) is 0.733. The van der Waals surface area contributed by atoms with E-state index < -0.39 is 5.97 Å². The Kier molecular flexibility index (Phi) is 2.31. The fourth-order valence-corrected chi connectivity index (χ4v) is 2.25. The van der Waals surface area contributed by atoms with Gasteiger partial charge in [-0.2, -0.15) is 0 Å². The Labute approximate surface area is 108 Å². The first-order valence-electron chi connectivity index (χ1n) is 5.62. The number of carboxylic acids is 1. The summed E-state index contributed by atoms with van der Waals surface area (Å²) in [4.78, 5) is 11.2. The van der Waals surface area contributed by atoms with E-state index >= 15 is 0 Å². The number of hydrogen-bond acceptors (Lipinski definition) is 4. The Balaban J connectivity index is 2.37. The third-order valence-corrected chi connectivity index (χ3v) is 3.09. The molecule has 0 amide bonds. The van der Waals surface area contributed by atoms with Gasteiger partial charge in [-0.05, 0) is 6.07 Å². The van der Waals surface area contributed by atoms with E-state index in [1.165, 1.54) is 0 Å². The van der Waals surface area contributed by atoms with Crippen LogP contribution in [-0.2, 0) is 7.05 Å². The summed E-state index contributed by atoms with van der Waals surface area (Å²) in [5.41, 5.74) is 7.54. The number of para-hydroxylation sites is 1. The minimum absolute atomic E-state index is 0.00810. The van der Waals surface area contributed by atoms with Gasteiger partial charge < -0.3 is 19.9 Å². The van der Waals surface area contributed by atoms with E-state index in [2.05, 4.69) is 5.16 Å². The van der Waals surface area contributed by atoms with Crippen LogP contribution in [0, 0.1) is 0 Å². The van der Waals surface area contributed by atoms with E-state index in [1.54, 1.807) is 0 Å². The molecule has 0 aliphatic rings. The Morgan fingerprint density at radius 2 is 2.16 bits per heavy atom. The van der Waals surface area contributed by atoms with Gasteiger partial charge in [-0.15, -0.1) is 0 Å². The maximum Gasteiger partial charge on any atom is 0.358 e. The lowest BCUT2D eigenvalue weighted by atomic mass is 10.0. The molecule has 0 saturated carbocycles. The molecule has 1 aromatic carbocycles. The summed E-state index contributed by atoms with van der Waals surface area (Å²) in [6.07, 6.45) is 1.82. The van der Waals surface area contributed by atoms with Crippen molar-refractivity contribution < 1.29 is 14.4 Å². The second-order valence-corrected chi connectivity index (χ2v) is 4.25. The Bertz CT molecular complexity index is 786. The molecule has 3 rings (SSSR count). The number of rotatable bonds is 2. The zero-order valence-electron chi connectivity index (χ0n) is 10.1. The number of aryl methyl sites for hydroxylation is 1. The van der Waals surface area contributed by atoms with Crippen LogP contribution in [0.25, 0.3) is 22.0 Å². The number of nitrogens with zero attached hydrogens (tertiary/aromatic N) is 2. The molecule has 96 valence electrons. The lowest BCUT2D eigenvalue weighted by Gasteiger charge is -1.97. The van der Waals surface area contributed by atoms with Crippen LogP contribution in [0.1, 0.15) is 10.5 Å². The second-order valence-electron chi connectivity index (χ2n) is 4.25. The molecule has 0 saturated heterocycles. The molecular formula is C13H11N3O3. The number of nitrogen functional groups attached to an aromatic ring is 1. The van der Waals surface area contributed by atoms with E-state index in [4.69, 9.17) is 15.4 Å². The molecule has 0 aliphatic carbocycles. The zero-order chi connectivity index (χ0) is 13.6. The molecule has 0 atom stereocenters. The third kappa shape index (κ3) is 1.57. The lowest BCUT2D eigenvalue weighted by Crippen LogP contribution is -1.99. The fraction of sp³-hybridized carbons (Fsp3) is 0.0769. The molecule has 2 aromatic heterocycles. The number of fused-ring (bicyclic) bond motifs is 1. The summed E-state index contributed by atoms with van der Waals surface area (Å²) >= 11 is 0. The predicted octanol–water partition coefficient (Wildman–Crippen LogP) is 2.11. The van der Waals surface area contributed by atoms with Crippen LogP contribution in [0.15, 0.2) is 35.0 Å². The van der Waals surface area contributed by atoms with Crippen LogP contribution in [0.3, 0.4) is 0 Å². The minimum Gasteiger partial charge on any atom is -0.476 e. The first-order valence-corrected chi connectivity index (χ1v) is 5.62. The van der Waals surface area contributed by atoms with Gasteiger partial charge in [0.2, 0.25) is 11.6 Å². The number of aromatic carboxylic acids is 1. The van der Waals surface area contributed by atoms with Gasteiger partial charge in [0, 0.05) is 29.7 Å². The number of anilines is 1. The molecule has 3 aromatic rings. The highest BCUT2D eigenvalue weighted by atomic mass is 16.5. The first kappa shape index (κ1) is 11.3. The largest absolute Gasteiger partial charge is 0.476 e. The van der Waals surface area contributed by atoms with E-state index in [9.17, 15) is 4.79 Å². The molecule has 0 unspecified atom stereocenters. The standard InChI is InChI=1S/C13H11N3O3/c1-16-6-8(7-4-2-3-5-9(7)16)10-11(13(17)18)15-19-12(10)14/h2-6H,14H2,1H3,(H,17,18). The van der Waals surface area contributed by atoms with Crippen molar-refractivity contribution in [3.8, 4) is 11.1 Å². The molecule has 0 spiro atoms. The molecule has 3 N–H and O–H groups in total. The van der Waals surface area contributed by atoms with Crippen LogP contribution in [-0.4, -0.2) is 20.8 Å². The summed E-state index contributed by atoms with van der Waals surface area (Å²) in [6, 6.07) is 7.66. The van der Waals surface area contributed by atoms with Gasteiger partial charge in [-0.25, -0.2) is 4.79 Å². The van der Waals surface area contributed by atoms with Gasteiger partial charge in [0.15, 0.2) is 0 Å². The normalized spacial score (nSPS) is 11.0. The van der Waals surface area contributed by atoms with Crippen LogP contribution >= 0.6 is 0 Å². The number of benzene rings is 1. The first-order chi connectivity index (χ1) is 9.09. The van der Waals surface area contributed by atoms with Crippen molar-refractivity contribution in [1.29, 1.82) is 0 Å². The SMILES string of the molecule is Cn1cc(-c2c(C(=O)O)noc2N)c2ccccc21. The van der Waals surface area contributed by atoms with Crippen molar-refractivity contribution in [2.45, 2.75) is 0 Å². The maximum absolute atomic E-state index is 11.2. The highest BCUT2D eigenvalue weighted by Gasteiger charge is 2.23. The molecule has 0 fully saturated rings. The number of nitrogens with two attached hydrogens (primary N) is 1. The molecule has 6 heteroatoms. The number of carbonyl (C=O) groups is 1. The smallest absolute Gasteiger partial charge is 0.358 e. The lowest BCUT2D eigenvalue weighted by molar-refractivity contribution is 0.0686. The summed E-state index contributed by atoms with van der Waals surface area (Å²) in [6.45, 7) is 0. The van der Waals surface area contributed by atoms with E-state index in [-0.39, 0.29) is 11.6 Å². The number of hydrogen-bond donors (Lipinski definition) is 2. The van der Waals surface area contributed by atoms with Crippen LogP contribution in [0.4, 0.5) is 5.88 Å². The summed E-state index contributed by atoms with van der Waals surface area (Å²) in [5, 5.41) is 13.5. The highest BCUT2D eigenvalue weighted by Crippen LogP contribution is 2.36. The topological polar surface area (TPSA) is 94.3 Å². The van der Waals surface area contributed by atoms with Crippen LogP contribution in [0.2, 0.25) is 0 Å². The van der Waals surface area contributed by atoms with Gasteiger partial charge in [0.25, 0.3) is 0 Å². The summed E-state index contributed by atoms with van der Waals surface area (Å²) < 4.78 is 6.71. The molecular weight excluding hydrogens is 246 g/mol. The van der Waals surface area contributed by atoms with Gasteiger partial charge in [-0.1, -0.05) is 23.4 Å². The monoisotopic (exact) mass is 257 g/mol. The molecule has 2 heterocycles. The van der Waals surface area contributed by atoms with Gasteiger partial charge in [-0.3, -0.25) is 0 Å². The second kappa shape index (κ2) is 3.88. The van der Waals surface area contributed by atoms with Gasteiger partial charge in [0.1, 0.15) is 0 Å². The predicted molar refractivity (Wildman–Crippen MR) is 69.8 cm³/mol. The number of carboxylic acid groups (broad SMARTS) is 1. The molecule has 0 bridgehead atoms. The Morgan fingerprint density at radius 1 is 1.42 bits per heavy atom. The van der Waals surface area contributed by atoms with Crippen molar-refractivity contribution in [2.24, 2.45) is 7.05 Å². The van der Waals surface area contributed by atoms with Crippen LogP contribution < -0.4 is 5.73 Å². The Morgan fingerprint density at radius 3 is 2.89 bits per heavy atom. The van der Waals surface area contributed by atoms with Crippen molar-refractivity contribution in [3.05, 3.63) is 36.2 Å². The van der Waals surface area contributed by atoms with Gasteiger partial charge in [0.05, 0.1) is 5.56 Å². The minimum atomic E-state index is -1.16. The van der Waals surface area contributed by atoms with Crippen molar-refractivity contribution in [2.75, 3.05) is 5.73 Å². The van der Waals surface area contributed by atoms with E-state index in [0.29, 0.717) is 11.1 Å². The van der Waals surface area contributed by atoms with Crippen LogP contribution in [0.5, 0.6) is 0 Å². The average Bonchev–Trinajstić information content (AvgIpc) is 2.91. The molecule has 0 aliphatic heterocycles. The van der Waals surface area contributed by atoms with Gasteiger partial charge >= 0.3 is 5.97 Å². The van der Waals surface area contributed by atoms with E-state index in [1.807, 2.05) is 42.1 Å².